The summed E-state index contributed by atoms with van der Waals surface area (Å²) in [4.78, 5) is 12.0. The summed E-state index contributed by atoms with van der Waals surface area (Å²) in [5.74, 6) is -0.561. The van der Waals surface area contributed by atoms with Crippen molar-refractivity contribution in [1.82, 2.24) is 10.2 Å². The Labute approximate surface area is 160 Å². The molecule has 1 saturated carbocycles. The highest BCUT2D eigenvalue weighted by atomic mass is 19.1. The van der Waals surface area contributed by atoms with Crippen LogP contribution in [-0.2, 0) is 4.79 Å². The number of anilines is 1. The fraction of sp³-hybridized carbons (Fsp3) is 0.238. The molecule has 1 aliphatic rings. The second-order valence-corrected chi connectivity index (χ2v) is 6.91. The number of benzene rings is 2. The molecule has 4 rings (SSSR count). The standard InChI is InChI=1S/C21H19F2N3O2/c1-28-20-8-12(4-6-15(20)22)5-7-17-14-10-19(16(23)11-18(14)26-25-17)24-21(27)9-13-2-3-13/h4-8,10-11,13H,2-3,9H2,1H3,(H,24,27)(H,25,26). The lowest BCUT2D eigenvalue weighted by Gasteiger charge is -2.06. The summed E-state index contributed by atoms with van der Waals surface area (Å²) in [6.07, 6.45) is 6.02. The molecule has 1 fully saturated rings. The summed E-state index contributed by atoms with van der Waals surface area (Å²) in [6.45, 7) is 0. The highest BCUT2D eigenvalue weighted by Crippen LogP contribution is 2.33. The van der Waals surface area contributed by atoms with Crippen molar-refractivity contribution in [2.45, 2.75) is 19.3 Å². The predicted octanol–water partition coefficient (Wildman–Crippen LogP) is 4.76. The lowest BCUT2D eigenvalue weighted by molar-refractivity contribution is -0.116. The van der Waals surface area contributed by atoms with Crippen molar-refractivity contribution < 1.29 is 18.3 Å². The number of nitrogens with one attached hydrogen (secondary N) is 2. The van der Waals surface area contributed by atoms with Gasteiger partial charge in [0.2, 0.25) is 5.91 Å². The molecule has 28 heavy (non-hydrogen) atoms. The molecular formula is C21H19F2N3O2. The fourth-order valence-electron chi connectivity index (χ4n) is 3.02. The third-order valence-corrected chi connectivity index (χ3v) is 4.73. The van der Waals surface area contributed by atoms with Crippen LogP contribution in [-0.4, -0.2) is 23.2 Å². The molecule has 3 aromatic rings. The van der Waals surface area contributed by atoms with E-state index in [4.69, 9.17) is 4.74 Å². The molecule has 1 amide bonds. The van der Waals surface area contributed by atoms with E-state index in [0.29, 0.717) is 28.9 Å². The number of nitrogens with zero attached hydrogens (tertiary/aromatic N) is 1. The Morgan fingerprint density at radius 1 is 1.25 bits per heavy atom. The zero-order valence-corrected chi connectivity index (χ0v) is 15.3. The molecule has 0 spiro atoms. The molecule has 0 unspecified atom stereocenters. The van der Waals surface area contributed by atoms with Gasteiger partial charge in [0.1, 0.15) is 5.82 Å². The number of halogens is 2. The summed E-state index contributed by atoms with van der Waals surface area (Å²) in [6, 6.07) is 7.40. The van der Waals surface area contributed by atoms with Gasteiger partial charge in [-0.25, -0.2) is 8.78 Å². The lowest BCUT2D eigenvalue weighted by Crippen LogP contribution is -2.13. The molecule has 1 aromatic heterocycles. The number of amides is 1. The van der Waals surface area contributed by atoms with Crippen molar-refractivity contribution in [2.75, 3.05) is 12.4 Å². The van der Waals surface area contributed by atoms with Gasteiger partial charge < -0.3 is 10.1 Å². The summed E-state index contributed by atoms with van der Waals surface area (Å²) in [7, 11) is 1.40. The van der Waals surface area contributed by atoms with Gasteiger partial charge in [-0.1, -0.05) is 12.1 Å². The van der Waals surface area contributed by atoms with Crippen LogP contribution in [0.15, 0.2) is 30.3 Å². The van der Waals surface area contributed by atoms with Crippen molar-refractivity contribution in [2.24, 2.45) is 5.92 Å². The smallest absolute Gasteiger partial charge is 0.224 e. The Bertz CT molecular complexity index is 1070. The van der Waals surface area contributed by atoms with Gasteiger partial charge in [-0.15, -0.1) is 0 Å². The summed E-state index contributed by atoms with van der Waals surface area (Å²) in [5.41, 5.74) is 1.97. The first kappa shape index (κ1) is 18.2. The van der Waals surface area contributed by atoms with Crippen molar-refractivity contribution in [3.8, 4) is 5.75 Å². The molecule has 0 radical (unpaired) electrons. The largest absolute Gasteiger partial charge is 0.494 e. The first-order chi connectivity index (χ1) is 13.5. The topological polar surface area (TPSA) is 67.0 Å². The van der Waals surface area contributed by atoms with Crippen molar-refractivity contribution in [1.29, 1.82) is 0 Å². The van der Waals surface area contributed by atoms with Gasteiger partial charge in [0.05, 0.1) is 24.0 Å². The number of hydrogen-bond acceptors (Lipinski definition) is 3. The van der Waals surface area contributed by atoms with Crippen molar-refractivity contribution in [3.63, 3.8) is 0 Å². The van der Waals surface area contributed by atoms with E-state index in [1.165, 1.54) is 19.2 Å². The summed E-state index contributed by atoms with van der Waals surface area (Å²) < 4.78 is 32.8. The average molecular weight is 383 g/mol. The number of hydrogen-bond donors (Lipinski definition) is 2. The molecule has 0 saturated heterocycles. The number of ether oxygens (including phenoxy) is 1. The van der Waals surface area contributed by atoms with Gasteiger partial charge in [0, 0.05) is 17.9 Å². The minimum atomic E-state index is -0.515. The lowest BCUT2D eigenvalue weighted by atomic mass is 10.1. The molecule has 2 N–H and O–H groups in total. The van der Waals surface area contributed by atoms with Crippen LogP contribution in [0.1, 0.15) is 30.5 Å². The monoisotopic (exact) mass is 383 g/mol. The maximum absolute atomic E-state index is 14.3. The first-order valence-corrected chi connectivity index (χ1v) is 9.02. The highest BCUT2D eigenvalue weighted by Gasteiger charge is 2.24. The van der Waals surface area contributed by atoms with Gasteiger partial charge in [0.25, 0.3) is 0 Å². The van der Waals surface area contributed by atoms with Crippen LogP contribution in [0.3, 0.4) is 0 Å². The average Bonchev–Trinajstić information content (AvgIpc) is 3.40. The quantitative estimate of drug-likeness (QED) is 0.645. The fourth-order valence-corrected chi connectivity index (χ4v) is 3.02. The van der Waals surface area contributed by atoms with Gasteiger partial charge in [-0.3, -0.25) is 9.89 Å². The number of carbonyl (C=O) groups is 1. The second-order valence-electron chi connectivity index (χ2n) is 6.91. The molecule has 144 valence electrons. The van der Waals surface area contributed by atoms with E-state index in [9.17, 15) is 13.6 Å². The van der Waals surface area contributed by atoms with Crippen LogP contribution in [0.4, 0.5) is 14.5 Å². The molecule has 0 bridgehead atoms. The maximum Gasteiger partial charge on any atom is 0.224 e. The maximum atomic E-state index is 14.3. The second kappa shape index (κ2) is 7.42. The van der Waals surface area contributed by atoms with Gasteiger partial charge in [-0.05, 0) is 48.6 Å². The number of rotatable bonds is 6. The first-order valence-electron chi connectivity index (χ1n) is 9.02. The van der Waals surface area contributed by atoms with Crippen LogP contribution in [0.2, 0.25) is 0 Å². The van der Waals surface area contributed by atoms with Crippen LogP contribution >= 0.6 is 0 Å². The van der Waals surface area contributed by atoms with Crippen LogP contribution < -0.4 is 10.1 Å². The van der Waals surface area contributed by atoms with Crippen LogP contribution in [0.25, 0.3) is 23.1 Å². The van der Waals surface area contributed by atoms with Gasteiger partial charge in [-0.2, -0.15) is 5.10 Å². The molecule has 0 aliphatic heterocycles. The Morgan fingerprint density at radius 3 is 2.82 bits per heavy atom. The molecule has 1 heterocycles. The van der Waals surface area contributed by atoms with E-state index in [1.54, 1.807) is 30.4 Å². The van der Waals surface area contributed by atoms with E-state index in [-0.39, 0.29) is 17.3 Å². The van der Waals surface area contributed by atoms with E-state index in [2.05, 4.69) is 15.5 Å². The summed E-state index contributed by atoms with van der Waals surface area (Å²) >= 11 is 0. The molecule has 5 nitrogen and oxygen atoms in total. The third kappa shape index (κ3) is 3.88. The number of carbonyl (C=O) groups excluding carboxylic acids is 1. The Morgan fingerprint density at radius 2 is 2.07 bits per heavy atom. The number of fused-ring (bicyclic) bond motifs is 1. The summed E-state index contributed by atoms with van der Waals surface area (Å²) in [5, 5.41) is 10.3. The normalized spacial score (nSPS) is 14.0. The number of aromatic amines is 1. The number of methoxy groups -OCH3 is 1. The molecule has 1 aliphatic carbocycles. The van der Waals surface area contributed by atoms with Crippen LogP contribution in [0.5, 0.6) is 5.75 Å². The Hall–Kier alpha value is -3.22. The zero-order valence-electron chi connectivity index (χ0n) is 15.3. The number of aromatic nitrogens is 2. The number of H-pyrrole nitrogens is 1. The SMILES string of the molecule is COc1cc(C=Cc2n[nH]c3cc(F)c(NC(=O)CC4CC4)cc23)ccc1F. The van der Waals surface area contributed by atoms with E-state index in [0.717, 1.165) is 18.4 Å². The molecule has 7 heteroatoms. The molecular weight excluding hydrogens is 364 g/mol. The molecule has 2 aromatic carbocycles. The van der Waals surface area contributed by atoms with E-state index in [1.807, 2.05) is 0 Å². The van der Waals surface area contributed by atoms with Gasteiger partial charge in [0.15, 0.2) is 11.6 Å². The van der Waals surface area contributed by atoms with Crippen molar-refractivity contribution >= 4 is 34.6 Å². The Kier molecular flexibility index (Phi) is 4.81. The van der Waals surface area contributed by atoms with Gasteiger partial charge >= 0.3 is 0 Å². The van der Waals surface area contributed by atoms with E-state index < -0.39 is 11.6 Å². The minimum absolute atomic E-state index is 0.137. The van der Waals surface area contributed by atoms with E-state index >= 15 is 0 Å². The minimum Gasteiger partial charge on any atom is -0.494 e. The highest BCUT2D eigenvalue weighted by molar-refractivity contribution is 5.96. The zero-order chi connectivity index (χ0) is 19.7. The third-order valence-electron chi connectivity index (χ3n) is 4.73. The van der Waals surface area contributed by atoms with Crippen LogP contribution in [0, 0.1) is 17.6 Å². The van der Waals surface area contributed by atoms with Crippen molar-refractivity contribution in [3.05, 3.63) is 53.2 Å². The Balaban J connectivity index is 1.60. The molecule has 0 atom stereocenters. The predicted molar refractivity (Wildman–Crippen MR) is 104 cm³/mol.